The minimum absolute atomic E-state index is 0. The molecule has 0 bridgehead atoms. The molecule has 2 aliphatic heterocycles. The summed E-state index contributed by atoms with van der Waals surface area (Å²) in [5.41, 5.74) is 2.95. The Morgan fingerprint density at radius 2 is 1.75 bits per heavy atom. The molecular weight excluding hydrogens is 602 g/mol. The van der Waals surface area contributed by atoms with E-state index < -0.39 is 21.6 Å². The monoisotopic (exact) mass is 651 g/mol. The fourth-order valence-corrected chi connectivity index (χ4v) is 7.56. The van der Waals surface area contributed by atoms with Crippen LogP contribution in [0.15, 0.2) is 29.2 Å². The van der Waals surface area contributed by atoms with Crippen molar-refractivity contribution < 1.29 is 18.0 Å². The van der Waals surface area contributed by atoms with Gasteiger partial charge < -0.3 is 15.1 Å². The molecule has 1 spiro atoms. The minimum atomic E-state index is -3.64. The zero-order valence-corrected chi connectivity index (χ0v) is 28.8. The zero-order valence-electron chi connectivity index (χ0n) is 27.1. The Hall–Kier alpha value is -2.51. The molecule has 0 radical (unpaired) electrons. The first-order chi connectivity index (χ1) is 20.3. The first kappa shape index (κ1) is 36.0. The maximum Gasteiger partial charge on any atom is 0.246 e. The molecule has 44 heavy (non-hydrogen) atoms. The number of amides is 2. The summed E-state index contributed by atoms with van der Waals surface area (Å²) in [5, 5.41) is 10.6. The number of carbonyl (C=O) groups is 2. The second kappa shape index (κ2) is 14.7. The highest BCUT2D eigenvalue weighted by atomic mass is 35.5. The van der Waals surface area contributed by atoms with Gasteiger partial charge in [0.15, 0.2) is 0 Å². The highest BCUT2D eigenvalue weighted by Gasteiger charge is 2.53. The van der Waals surface area contributed by atoms with Crippen molar-refractivity contribution in [2.45, 2.75) is 82.8 Å². The van der Waals surface area contributed by atoms with Crippen molar-refractivity contribution in [3.8, 4) is 0 Å². The molecule has 3 N–H and O–H groups in total. The summed E-state index contributed by atoms with van der Waals surface area (Å²) >= 11 is 0. The lowest BCUT2D eigenvalue weighted by molar-refractivity contribution is -0.162. The molecule has 2 aliphatic rings. The molecule has 1 aromatic carbocycles. The zero-order chi connectivity index (χ0) is 31.5. The lowest BCUT2D eigenvalue weighted by Crippen LogP contribution is -2.73. The molecule has 246 valence electrons. The number of hydrogen-bond donors (Lipinski definition) is 3. The number of nitrogens with one attached hydrogen (secondary N) is 3. The van der Waals surface area contributed by atoms with E-state index in [0.29, 0.717) is 57.9 Å². The number of aromatic amines is 1. The second-order valence-electron chi connectivity index (χ2n) is 12.7. The summed E-state index contributed by atoms with van der Waals surface area (Å²) in [7, 11) is 0.158. The van der Waals surface area contributed by atoms with Gasteiger partial charge in [-0.1, -0.05) is 32.9 Å². The topological polar surface area (TPSA) is 131 Å². The number of aromatic nitrogens is 2. The number of sulfonamides is 1. The van der Waals surface area contributed by atoms with Gasteiger partial charge in [-0.2, -0.15) is 5.10 Å². The number of aryl methyl sites for hydroxylation is 2. The number of likely N-dealkylation sites (N-methyl/N-ethyl adjacent to an activating group) is 1. The highest BCUT2D eigenvalue weighted by molar-refractivity contribution is 7.89. The van der Waals surface area contributed by atoms with Gasteiger partial charge in [-0.05, 0) is 77.2 Å². The first-order valence-corrected chi connectivity index (χ1v) is 16.9. The number of benzene rings is 1. The Bertz CT molecular complexity index is 1370. The summed E-state index contributed by atoms with van der Waals surface area (Å²) < 4.78 is 28.5. The molecule has 1 unspecified atom stereocenters. The van der Waals surface area contributed by atoms with Crippen molar-refractivity contribution in [2.75, 3.05) is 46.8 Å². The Morgan fingerprint density at radius 3 is 2.27 bits per heavy atom. The smallest absolute Gasteiger partial charge is 0.246 e. The lowest BCUT2D eigenvalue weighted by Gasteiger charge is -2.52. The predicted molar refractivity (Wildman–Crippen MR) is 174 cm³/mol. The molecule has 2 fully saturated rings. The third-order valence-electron chi connectivity index (χ3n) is 8.77. The van der Waals surface area contributed by atoms with Crippen molar-refractivity contribution in [2.24, 2.45) is 5.92 Å². The number of piperazine rings is 1. The highest BCUT2D eigenvalue weighted by Crippen LogP contribution is 2.40. The summed E-state index contributed by atoms with van der Waals surface area (Å²) in [5.74, 6) is 0.276. The van der Waals surface area contributed by atoms with Crippen LogP contribution >= 0.6 is 12.4 Å². The SMILES string of the molecule is CCCN1C(=O)[C@H](CC(C)C)NC(=O)C12CCN(C(c1ccc(S(=O)(=O)NCCN(C)C)cc1)c1c(C)n[nH]c1C)CC2.Cl. The van der Waals surface area contributed by atoms with Crippen LogP contribution in [0.1, 0.15) is 75.0 Å². The van der Waals surface area contributed by atoms with Gasteiger partial charge in [-0.25, -0.2) is 13.1 Å². The van der Waals surface area contributed by atoms with E-state index in [-0.39, 0.29) is 35.2 Å². The van der Waals surface area contributed by atoms with E-state index in [1.807, 2.05) is 56.8 Å². The summed E-state index contributed by atoms with van der Waals surface area (Å²) in [6.07, 6.45) is 2.46. The van der Waals surface area contributed by atoms with Crippen molar-refractivity contribution in [1.29, 1.82) is 0 Å². The molecule has 1 aromatic heterocycles. The van der Waals surface area contributed by atoms with E-state index in [0.717, 1.165) is 28.9 Å². The summed E-state index contributed by atoms with van der Waals surface area (Å²) in [6.45, 7) is 12.8. The van der Waals surface area contributed by atoms with Gasteiger partial charge in [-0.3, -0.25) is 19.6 Å². The van der Waals surface area contributed by atoms with Crippen LogP contribution in [0.25, 0.3) is 0 Å². The molecule has 3 heterocycles. The number of nitrogens with zero attached hydrogens (tertiary/aromatic N) is 4. The third kappa shape index (κ3) is 7.47. The molecule has 11 nitrogen and oxygen atoms in total. The van der Waals surface area contributed by atoms with Gasteiger partial charge in [-0.15, -0.1) is 12.4 Å². The number of hydrogen-bond acceptors (Lipinski definition) is 7. The molecule has 0 saturated carbocycles. The number of piperidine rings is 1. The van der Waals surface area contributed by atoms with Crippen LogP contribution in [0.3, 0.4) is 0 Å². The van der Waals surface area contributed by atoms with E-state index in [9.17, 15) is 18.0 Å². The van der Waals surface area contributed by atoms with Crippen LogP contribution in [0.2, 0.25) is 0 Å². The predicted octanol–water partition coefficient (Wildman–Crippen LogP) is 3.00. The standard InChI is InChI=1S/C31H49N7O4S.ClH/c1-8-16-38-29(39)26(20-21(2)3)33-30(40)31(38)13-17-37(18-14-31)28(27-22(4)34-35-23(27)5)24-9-11-25(12-10-24)43(41,42)32-15-19-36(6)7;/h9-12,21,26,28,32H,8,13-20H2,1-7H3,(H,33,40)(H,34,35);1H/t26-,28?;/m0./s1. The molecule has 4 rings (SSSR count). The third-order valence-corrected chi connectivity index (χ3v) is 10.2. The molecule has 2 atom stereocenters. The maximum atomic E-state index is 13.7. The Balaban J connectivity index is 0.00000529. The molecule has 13 heteroatoms. The van der Waals surface area contributed by atoms with E-state index in [1.165, 1.54) is 0 Å². The number of H-pyrrole nitrogens is 1. The van der Waals surface area contributed by atoms with Gasteiger partial charge in [0.2, 0.25) is 21.8 Å². The van der Waals surface area contributed by atoms with Crippen molar-refractivity contribution >= 4 is 34.2 Å². The second-order valence-corrected chi connectivity index (χ2v) is 14.5. The van der Waals surface area contributed by atoms with E-state index in [2.05, 4.69) is 39.0 Å². The van der Waals surface area contributed by atoms with Crippen molar-refractivity contribution in [3.63, 3.8) is 0 Å². The van der Waals surface area contributed by atoms with Gasteiger partial charge in [0.1, 0.15) is 11.6 Å². The number of rotatable bonds is 12. The lowest BCUT2D eigenvalue weighted by atomic mass is 9.79. The molecular formula is C31H50ClN7O4S. The number of carbonyl (C=O) groups excluding carboxylic acids is 2. The fourth-order valence-electron chi connectivity index (χ4n) is 6.54. The molecule has 2 amide bonds. The van der Waals surface area contributed by atoms with E-state index >= 15 is 0 Å². The van der Waals surface area contributed by atoms with Crippen LogP contribution in [0.4, 0.5) is 0 Å². The van der Waals surface area contributed by atoms with Gasteiger partial charge in [0.25, 0.3) is 0 Å². The van der Waals surface area contributed by atoms with Crippen LogP contribution < -0.4 is 10.0 Å². The summed E-state index contributed by atoms with van der Waals surface area (Å²) in [4.78, 5) is 33.7. The van der Waals surface area contributed by atoms with Crippen LogP contribution in [0.5, 0.6) is 0 Å². The van der Waals surface area contributed by atoms with E-state index in [4.69, 9.17) is 0 Å². The van der Waals surface area contributed by atoms with Crippen molar-refractivity contribution in [3.05, 3.63) is 46.8 Å². The van der Waals surface area contributed by atoms with Gasteiger partial charge in [0, 0.05) is 44.0 Å². The minimum Gasteiger partial charge on any atom is -0.342 e. The van der Waals surface area contributed by atoms with Crippen LogP contribution in [-0.4, -0.2) is 104 Å². The number of halogens is 1. The normalized spacial score (nSPS) is 19.8. The number of likely N-dealkylation sites (tertiary alicyclic amines) is 1. The largest absolute Gasteiger partial charge is 0.342 e. The van der Waals surface area contributed by atoms with Gasteiger partial charge >= 0.3 is 0 Å². The van der Waals surface area contributed by atoms with Gasteiger partial charge in [0.05, 0.1) is 16.6 Å². The quantitative estimate of drug-likeness (QED) is 0.322. The maximum absolute atomic E-state index is 13.7. The fraction of sp³-hybridized carbons (Fsp3) is 0.645. The Morgan fingerprint density at radius 1 is 1.11 bits per heavy atom. The Kier molecular flexibility index (Phi) is 12.0. The Labute approximate surface area is 269 Å². The molecule has 2 aromatic rings. The average molecular weight is 652 g/mol. The first-order valence-electron chi connectivity index (χ1n) is 15.4. The van der Waals surface area contributed by atoms with E-state index in [1.54, 1.807) is 12.1 Å². The average Bonchev–Trinajstić information content (AvgIpc) is 3.28. The molecule has 2 saturated heterocycles. The van der Waals surface area contributed by atoms with Crippen molar-refractivity contribution in [1.82, 2.24) is 34.9 Å². The summed E-state index contributed by atoms with van der Waals surface area (Å²) in [6, 6.07) is 6.39. The van der Waals surface area contributed by atoms with Crippen LogP contribution in [0, 0.1) is 19.8 Å². The van der Waals surface area contributed by atoms with Crippen LogP contribution in [-0.2, 0) is 19.6 Å². The molecule has 0 aliphatic carbocycles.